The van der Waals surface area contributed by atoms with Crippen LogP contribution in [0.4, 0.5) is 0 Å². The van der Waals surface area contributed by atoms with Gasteiger partial charge in [-0.3, -0.25) is 15.0 Å². The topological polar surface area (TPSA) is 67.2 Å². The number of rotatable bonds is 3. The standard InChI is InChI=1S/C20H20N4O2/c25-19(22-24-14-21-16-10-4-5-11-17(16)24)18-12-6-7-13-23(18)20(26)15-8-2-1-3-9-15/h1-5,8-11,14,18H,6-7,12-13H2,(H,22,25)/t18-/m1/s1. The minimum atomic E-state index is -0.474. The van der Waals surface area contributed by atoms with Crippen LogP contribution < -0.4 is 5.43 Å². The average Bonchev–Trinajstić information content (AvgIpc) is 3.11. The van der Waals surface area contributed by atoms with Gasteiger partial charge < -0.3 is 4.90 Å². The Bertz CT molecular complexity index is 935. The molecule has 0 aliphatic carbocycles. The maximum absolute atomic E-state index is 12.9. The molecule has 3 aromatic rings. The third kappa shape index (κ3) is 3.06. The third-order valence-electron chi connectivity index (χ3n) is 4.77. The molecule has 4 rings (SSSR count). The molecule has 1 fully saturated rings. The van der Waals surface area contributed by atoms with E-state index in [2.05, 4.69) is 10.4 Å². The summed E-state index contributed by atoms with van der Waals surface area (Å²) in [6.45, 7) is 0.594. The number of piperidine rings is 1. The zero-order valence-corrected chi connectivity index (χ0v) is 14.3. The maximum atomic E-state index is 12.9. The number of aromatic nitrogens is 2. The van der Waals surface area contributed by atoms with Crippen LogP contribution in [0.2, 0.25) is 0 Å². The highest BCUT2D eigenvalue weighted by atomic mass is 16.2. The predicted molar refractivity (Wildman–Crippen MR) is 99.2 cm³/mol. The fourth-order valence-electron chi connectivity index (χ4n) is 3.44. The van der Waals surface area contributed by atoms with Gasteiger partial charge >= 0.3 is 0 Å². The molecule has 6 heteroatoms. The fraction of sp³-hybridized carbons (Fsp3) is 0.250. The molecule has 1 atom stereocenters. The van der Waals surface area contributed by atoms with Crippen molar-refractivity contribution >= 4 is 22.8 Å². The first-order chi connectivity index (χ1) is 12.7. The second kappa shape index (κ2) is 7.00. The number of amides is 2. The number of benzene rings is 2. The highest BCUT2D eigenvalue weighted by molar-refractivity contribution is 5.99. The molecule has 132 valence electrons. The summed E-state index contributed by atoms with van der Waals surface area (Å²) in [6, 6.07) is 16.2. The Balaban J connectivity index is 1.56. The SMILES string of the molecule is O=C(Nn1cnc2ccccc21)[C@H]1CCCCN1C(=O)c1ccccc1. The molecular formula is C20H20N4O2. The Labute approximate surface area is 151 Å². The van der Waals surface area contributed by atoms with Crippen LogP contribution in [-0.2, 0) is 4.79 Å². The Kier molecular flexibility index (Phi) is 4.39. The molecule has 1 aromatic heterocycles. The zero-order valence-electron chi connectivity index (χ0n) is 14.3. The van der Waals surface area contributed by atoms with E-state index in [0.717, 1.165) is 23.9 Å². The smallest absolute Gasteiger partial charge is 0.261 e. The Morgan fingerprint density at radius 1 is 1.00 bits per heavy atom. The van der Waals surface area contributed by atoms with Gasteiger partial charge in [-0.05, 0) is 43.5 Å². The summed E-state index contributed by atoms with van der Waals surface area (Å²) in [6.07, 6.45) is 4.10. The lowest BCUT2D eigenvalue weighted by molar-refractivity contribution is -0.122. The molecular weight excluding hydrogens is 328 g/mol. The van der Waals surface area contributed by atoms with E-state index in [1.54, 1.807) is 28.0 Å². The number of carbonyl (C=O) groups excluding carboxylic acids is 2. The summed E-state index contributed by atoms with van der Waals surface area (Å²) >= 11 is 0. The lowest BCUT2D eigenvalue weighted by atomic mass is 10.00. The molecule has 1 aliphatic rings. The number of nitrogens with zero attached hydrogens (tertiary/aromatic N) is 3. The quantitative estimate of drug-likeness (QED) is 0.791. The number of hydrogen-bond donors (Lipinski definition) is 1. The monoisotopic (exact) mass is 348 g/mol. The normalized spacial score (nSPS) is 17.2. The summed E-state index contributed by atoms with van der Waals surface area (Å²) in [4.78, 5) is 31.7. The van der Waals surface area contributed by atoms with Crippen molar-refractivity contribution in [2.45, 2.75) is 25.3 Å². The van der Waals surface area contributed by atoms with Crippen molar-refractivity contribution in [1.29, 1.82) is 0 Å². The molecule has 0 bridgehead atoms. The minimum Gasteiger partial charge on any atom is -0.327 e. The summed E-state index contributed by atoms with van der Waals surface area (Å²) in [7, 11) is 0. The average molecular weight is 348 g/mol. The molecule has 0 unspecified atom stereocenters. The molecule has 1 aliphatic heterocycles. The Hall–Kier alpha value is -3.15. The summed E-state index contributed by atoms with van der Waals surface area (Å²) < 4.78 is 1.62. The molecule has 1 saturated heterocycles. The van der Waals surface area contributed by atoms with E-state index < -0.39 is 6.04 Å². The summed E-state index contributed by atoms with van der Waals surface area (Å²) in [5, 5.41) is 0. The molecule has 6 nitrogen and oxygen atoms in total. The molecule has 0 saturated carbocycles. The lowest BCUT2D eigenvalue weighted by Gasteiger charge is -2.34. The number of fused-ring (bicyclic) bond motifs is 1. The first-order valence-corrected chi connectivity index (χ1v) is 8.83. The van der Waals surface area contributed by atoms with Crippen molar-refractivity contribution in [3.8, 4) is 0 Å². The highest BCUT2D eigenvalue weighted by Gasteiger charge is 2.32. The number of nitrogens with one attached hydrogen (secondary N) is 1. The van der Waals surface area contributed by atoms with Crippen molar-refractivity contribution in [2.24, 2.45) is 0 Å². The van der Waals surface area contributed by atoms with Gasteiger partial charge in [0.05, 0.1) is 11.0 Å². The minimum absolute atomic E-state index is 0.0964. The zero-order chi connectivity index (χ0) is 17.9. The predicted octanol–water partition coefficient (Wildman–Crippen LogP) is 2.80. The van der Waals surface area contributed by atoms with Crippen molar-refractivity contribution in [3.05, 3.63) is 66.5 Å². The van der Waals surface area contributed by atoms with Gasteiger partial charge in [0.25, 0.3) is 11.8 Å². The number of likely N-dealkylation sites (tertiary alicyclic amines) is 1. The number of para-hydroxylation sites is 2. The van der Waals surface area contributed by atoms with Gasteiger partial charge in [-0.15, -0.1) is 0 Å². The Morgan fingerprint density at radius 2 is 1.77 bits per heavy atom. The van der Waals surface area contributed by atoms with Gasteiger partial charge in [0.1, 0.15) is 12.4 Å². The highest BCUT2D eigenvalue weighted by Crippen LogP contribution is 2.21. The van der Waals surface area contributed by atoms with E-state index in [0.29, 0.717) is 18.5 Å². The van der Waals surface area contributed by atoms with Crippen LogP contribution in [-0.4, -0.2) is 39.0 Å². The van der Waals surface area contributed by atoms with Gasteiger partial charge in [-0.25, -0.2) is 9.66 Å². The van der Waals surface area contributed by atoms with Gasteiger partial charge in [-0.2, -0.15) is 0 Å². The second-order valence-electron chi connectivity index (χ2n) is 6.46. The van der Waals surface area contributed by atoms with E-state index >= 15 is 0 Å². The van der Waals surface area contributed by atoms with Crippen molar-refractivity contribution < 1.29 is 9.59 Å². The second-order valence-corrected chi connectivity index (χ2v) is 6.46. The van der Waals surface area contributed by atoms with Crippen LogP contribution in [0.25, 0.3) is 11.0 Å². The van der Waals surface area contributed by atoms with E-state index in [-0.39, 0.29) is 11.8 Å². The van der Waals surface area contributed by atoms with Crippen molar-refractivity contribution in [2.75, 3.05) is 12.0 Å². The number of hydrogen-bond acceptors (Lipinski definition) is 3. The molecule has 0 radical (unpaired) electrons. The molecule has 2 heterocycles. The van der Waals surface area contributed by atoms with Crippen molar-refractivity contribution in [1.82, 2.24) is 14.6 Å². The third-order valence-corrected chi connectivity index (χ3v) is 4.77. The Morgan fingerprint density at radius 3 is 2.62 bits per heavy atom. The molecule has 26 heavy (non-hydrogen) atoms. The van der Waals surface area contributed by atoms with Gasteiger partial charge in [0, 0.05) is 12.1 Å². The molecule has 2 amide bonds. The molecule has 1 N–H and O–H groups in total. The summed E-state index contributed by atoms with van der Waals surface area (Å²) in [5.74, 6) is -0.280. The van der Waals surface area contributed by atoms with Crippen LogP contribution in [0.1, 0.15) is 29.6 Å². The van der Waals surface area contributed by atoms with E-state index in [9.17, 15) is 9.59 Å². The van der Waals surface area contributed by atoms with E-state index in [1.165, 1.54) is 0 Å². The van der Waals surface area contributed by atoms with Gasteiger partial charge in [0.15, 0.2) is 0 Å². The number of imidazole rings is 1. The maximum Gasteiger partial charge on any atom is 0.261 e. The first-order valence-electron chi connectivity index (χ1n) is 8.83. The van der Waals surface area contributed by atoms with Gasteiger partial charge in [-0.1, -0.05) is 30.3 Å². The van der Waals surface area contributed by atoms with Crippen molar-refractivity contribution in [3.63, 3.8) is 0 Å². The first kappa shape index (κ1) is 16.3. The largest absolute Gasteiger partial charge is 0.327 e. The van der Waals surface area contributed by atoms with Gasteiger partial charge in [0.2, 0.25) is 0 Å². The van der Waals surface area contributed by atoms with E-state index in [4.69, 9.17) is 0 Å². The van der Waals surface area contributed by atoms with Crippen LogP contribution in [0.15, 0.2) is 60.9 Å². The van der Waals surface area contributed by atoms with E-state index in [1.807, 2.05) is 42.5 Å². The number of carbonyl (C=O) groups is 2. The van der Waals surface area contributed by atoms with Crippen LogP contribution in [0.5, 0.6) is 0 Å². The summed E-state index contributed by atoms with van der Waals surface area (Å²) in [5.41, 5.74) is 5.15. The molecule has 0 spiro atoms. The molecule has 2 aromatic carbocycles. The fourth-order valence-corrected chi connectivity index (χ4v) is 3.44. The van der Waals surface area contributed by atoms with Crippen LogP contribution >= 0.6 is 0 Å². The van der Waals surface area contributed by atoms with Crippen LogP contribution in [0, 0.1) is 0 Å². The van der Waals surface area contributed by atoms with Crippen LogP contribution in [0.3, 0.4) is 0 Å². The lowest BCUT2D eigenvalue weighted by Crippen LogP contribution is -2.51.